The van der Waals surface area contributed by atoms with Crippen LogP contribution in [0.2, 0.25) is 0 Å². The lowest BCUT2D eigenvalue weighted by molar-refractivity contribution is -0.132. The van der Waals surface area contributed by atoms with Gasteiger partial charge in [0.2, 0.25) is 5.91 Å². The van der Waals surface area contributed by atoms with Crippen molar-refractivity contribution < 1.29 is 9.90 Å². The van der Waals surface area contributed by atoms with E-state index in [9.17, 15) is 4.79 Å². The van der Waals surface area contributed by atoms with Gasteiger partial charge in [-0.05, 0) is 45.2 Å². The minimum absolute atomic E-state index is 0.125. The summed E-state index contributed by atoms with van der Waals surface area (Å²) in [5.74, 6) is 0.136. The molecule has 0 spiro atoms. The van der Waals surface area contributed by atoms with E-state index in [2.05, 4.69) is 18.2 Å². The molecule has 1 rings (SSSR count). The van der Waals surface area contributed by atoms with Gasteiger partial charge in [0.15, 0.2) is 0 Å². The van der Waals surface area contributed by atoms with E-state index in [-0.39, 0.29) is 18.6 Å². The van der Waals surface area contributed by atoms with Crippen LogP contribution in [-0.2, 0) is 11.2 Å². The highest BCUT2D eigenvalue weighted by Crippen LogP contribution is 2.13. The Morgan fingerprint density at radius 1 is 1.32 bits per heavy atom. The molecule has 0 atom stereocenters. The van der Waals surface area contributed by atoms with Crippen LogP contribution in [0.25, 0.3) is 0 Å². The van der Waals surface area contributed by atoms with Gasteiger partial charge in [-0.3, -0.25) is 4.79 Å². The molecule has 0 saturated heterocycles. The Morgan fingerprint density at radius 3 is 2.58 bits per heavy atom. The van der Waals surface area contributed by atoms with Gasteiger partial charge < -0.3 is 10.0 Å². The van der Waals surface area contributed by atoms with Crippen molar-refractivity contribution in [2.24, 2.45) is 0 Å². The number of hydrogen-bond acceptors (Lipinski definition) is 2. The number of aryl methyl sites for hydroxylation is 2. The van der Waals surface area contributed by atoms with Crippen LogP contribution in [0.1, 0.15) is 37.0 Å². The van der Waals surface area contributed by atoms with Gasteiger partial charge in [-0.25, -0.2) is 0 Å². The van der Waals surface area contributed by atoms with E-state index in [4.69, 9.17) is 5.11 Å². The molecule has 0 aromatic heterocycles. The van der Waals surface area contributed by atoms with Crippen molar-refractivity contribution in [2.45, 2.75) is 46.6 Å². The van der Waals surface area contributed by atoms with Crippen LogP contribution in [0, 0.1) is 13.8 Å². The van der Waals surface area contributed by atoms with Crippen molar-refractivity contribution in [3.63, 3.8) is 0 Å². The summed E-state index contributed by atoms with van der Waals surface area (Å²) in [6.45, 7) is 8.85. The minimum atomic E-state index is 0.125. The zero-order valence-corrected chi connectivity index (χ0v) is 12.4. The predicted molar refractivity (Wildman–Crippen MR) is 78.2 cm³/mol. The fourth-order valence-corrected chi connectivity index (χ4v) is 2.17. The fraction of sp³-hybridized carbons (Fsp3) is 0.562. The van der Waals surface area contributed by atoms with Crippen LogP contribution < -0.4 is 0 Å². The van der Waals surface area contributed by atoms with Crippen molar-refractivity contribution in [2.75, 3.05) is 13.2 Å². The highest BCUT2D eigenvalue weighted by Gasteiger charge is 2.17. The number of carbonyl (C=O) groups excluding carboxylic acids is 1. The monoisotopic (exact) mass is 263 g/mol. The van der Waals surface area contributed by atoms with E-state index in [0.29, 0.717) is 19.4 Å². The van der Waals surface area contributed by atoms with Gasteiger partial charge in [0, 0.05) is 19.2 Å². The van der Waals surface area contributed by atoms with Gasteiger partial charge in [-0.1, -0.05) is 23.8 Å². The molecule has 1 aromatic rings. The maximum atomic E-state index is 12.4. The lowest BCUT2D eigenvalue weighted by atomic mass is 10.0. The summed E-state index contributed by atoms with van der Waals surface area (Å²) in [6, 6.07) is 6.38. The summed E-state index contributed by atoms with van der Waals surface area (Å²) in [6.07, 6.45) is 1.08. The average molecular weight is 263 g/mol. The van der Waals surface area contributed by atoms with Crippen molar-refractivity contribution >= 4 is 5.91 Å². The van der Waals surface area contributed by atoms with Gasteiger partial charge in [-0.15, -0.1) is 0 Å². The number of nitrogens with zero attached hydrogens (tertiary/aromatic N) is 1. The molecule has 0 aliphatic carbocycles. The number of carbonyl (C=O) groups is 1. The van der Waals surface area contributed by atoms with E-state index in [1.807, 2.05) is 32.6 Å². The molecule has 1 aromatic carbocycles. The molecule has 106 valence electrons. The zero-order valence-electron chi connectivity index (χ0n) is 12.4. The maximum Gasteiger partial charge on any atom is 0.227 e. The van der Waals surface area contributed by atoms with E-state index in [1.54, 1.807) is 0 Å². The molecule has 0 fully saturated rings. The second kappa shape index (κ2) is 7.29. The molecular weight excluding hydrogens is 238 g/mol. The normalized spacial score (nSPS) is 10.8. The molecule has 3 heteroatoms. The van der Waals surface area contributed by atoms with Gasteiger partial charge >= 0.3 is 0 Å². The Bertz CT molecular complexity index is 427. The number of rotatable bonds is 6. The maximum absolute atomic E-state index is 12.4. The Kier molecular flexibility index (Phi) is 6.03. The smallest absolute Gasteiger partial charge is 0.227 e. The lowest BCUT2D eigenvalue weighted by Gasteiger charge is -2.27. The molecule has 0 heterocycles. The number of aliphatic hydroxyl groups excluding tert-OH is 1. The number of benzene rings is 1. The van der Waals surface area contributed by atoms with Gasteiger partial charge in [0.25, 0.3) is 0 Å². The van der Waals surface area contributed by atoms with Gasteiger partial charge in [0.05, 0.1) is 6.42 Å². The van der Waals surface area contributed by atoms with Crippen molar-refractivity contribution in [3.8, 4) is 0 Å². The number of hydrogen-bond donors (Lipinski definition) is 1. The molecule has 0 aliphatic heterocycles. The Morgan fingerprint density at radius 2 is 2.00 bits per heavy atom. The summed E-state index contributed by atoms with van der Waals surface area (Å²) in [5.41, 5.74) is 3.43. The van der Waals surface area contributed by atoms with E-state index in [1.165, 1.54) is 5.56 Å². The molecule has 0 radical (unpaired) electrons. The Hall–Kier alpha value is -1.35. The second-order valence-electron chi connectivity index (χ2n) is 5.36. The van der Waals surface area contributed by atoms with Gasteiger partial charge in [-0.2, -0.15) is 0 Å². The first-order chi connectivity index (χ1) is 8.95. The number of amides is 1. The van der Waals surface area contributed by atoms with Gasteiger partial charge in [0.1, 0.15) is 0 Å². The van der Waals surface area contributed by atoms with E-state index in [0.717, 1.165) is 11.1 Å². The van der Waals surface area contributed by atoms with Crippen LogP contribution in [0.3, 0.4) is 0 Å². The molecule has 19 heavy (non-hydrogen) atoms. The first-order valence-electron chi connectivity index (χ1n) is 6.92. The second-order valence-corrected chi connectivity index (χ2v) is 5.36. The third-order valence-corrected chi connectivity index (χ3v) is 3.35. The molecule has 1 N–H and O–H groups in total. The molecule has 0 saturated carbocycles. The SMILES string of the molecule is Cc1ccc(C)c(CC(=O)N(CCCO)C(C)C)c1. The fourth-order valence-electron chi connectivity index (χ4n) is 2.17. The topological polar surface area (TPSA) is 40.5 Å². The zero-order chi connectivity index (χ0) is 14.4. The van der Waals surface area contributed by atoms with Crippen LogP contribution in [0.15, 0.2) is 18.2 Å². The van der Waals surface area contributed by atoms with Crippen molar-refractivity contribution in [3.05, 3.63) is 34.9 Å². The first-order valence-corrected chi connectivity index (χ1v) is 6.92. The van der Waals surface area contributed by atoms with Crippen molar-refractivity contribution in [1.82, 2.24) is 4.90 Å². The highest BCUT2D eigenvalue weighted by molar-refractivity contribution is 5.79. The lowest BCUT2D eigenvalue weighted by Crippen LogP contribution is -2.39. The standard InChI is InChI=1S/C16H25NO2/c1-12(2)17(8-5-9-18)16(19)11-15-10-13(3)6-7-14(15)4/h6-7,10,12,18H,5,8-9,11H2,1-4H3. The molecule has 1 amide bonds. The average Bonchev–Trinajstić information content (AvgIpc) is 2.34. The predicted octanol–water partition coefficient (Wildman–Crippen LogP) is 2.47. The molecule has 0 unspecified atom stereocenters. The summed E-state index contributed by atoms with van der Waals surface area (Å²) in [4.78, 5) is 14.2. The van der Waals surface area contributed by atoms with Crippen LogP contribution >= 0.6 is 0 Å². The third-order valence-electron chi connectivity index (χ3n) is 3.35. The quantitative estimate of drug-likeness (QED) is 0.856. The van der Waals surface area contributed by atoms with Crippen LogP contribution in [0.4, 0.5) is 0 Å². The summed E-state index contributed by atoms with van der Waals surface area (Å²) < 4.78 is 0. The number of aliphatic hydroxyl groups is 1. The minimum Gasteiger partial charge on any atom is -0.396 e. The first kappa shape index (κ1) is 15.7. The Balaban J connectivity index is 2.78. The largest absolute Gasteiger partial charge is 0.396 e. The summed E-state index contributed by atoms with van der Waals surface area (Å²) in [5, 5.41) is 8.91. The summed E-state index contributed by atoms with van der Waals surface area (Å²) >= 11 is 0. The molecule has 0 bridgehead atoms. The van der Waals surface area contributed by atoms with Crippen LogP contribution in [0.5, 0.6) is 0 Å². The molecular formula is C16H25NO2. The molecule has 3 nitrogen and oxygen atoms in total. The highest BCUT2D eigenvalue weighted by atomic mass is 16.3. The summed E-state index contributed by atoms with van der Waals surface area (Å²) in [7, 11) is 0. The van der Waals surface area contributed by atoms with E-state index >= 15 is 0 Å². The Labute approximate surface area is 116 Å². The van der Waals surface area contributed by atoms with Crippen molar-refractivity contribution in [1.29, 1.82) is 0 Å². The van der Waals surface area contributed by atoms with E-state index < -0.39 is 0 Å². The van der Waals surface area contributed by atoms with Crippen LogP contribution in [-0.4, -0.2) is 35.1 Å². The third kappa shape index (κ3) is 4.67. The molecule has 0 aliphatic rings.